The van der Waals surface area contributed by atoms with E-state index in [4.69, 9.17) is 0 Å². The van der Waals surface area contributed by atoms with Gasteiger partial charge in [-0.05, 0) is 44.2 Å². The number of rotatable bonds is 3. The second-order valence-corrected chi connectivity index (χ2v) is 6.28. The minimum absolute atomic E-state index is 0.151. The second kappa shape index (κ2) is 6.52. The second-order valence-electron chi connectivity index (χ2n) is 6.28. The van der Waals surface area contributed by atoms with E-state index < -0.39 is 0 Å². The third-order valence-electron chi connectivity index (χ3n) is 4.42. The number of carbonyl (C=O) groups excluding carboxylic acids is 1. The topological polar surface area (TPSA) is 67.8 Å². The van der Waals surface area contributed by atoms with E-state index in [0.717, 1.165) is 39.0 Å². The van der Waals surface area contributed by atoms with Crippen LogP contribution in [0.25, 0.3) is 21.9 Å². The zero-order valence-corrected chi connectivity index (χ0v) is 14.7. The van der Waals surface area contributed by atoms with Crippen molar-refractivity contribution in [1.29, 1.82) is 0 Å². The summed E-state index contributed by atoms with van der Waals surface area (Å²) in [5, 5.41) is 4.01. The SMILES string of the molecule is Cc1nc2ccc(C(=O)NCc3ccc4ccccc4n3)cc2nc1C. The number of aryl methyl sites for hydroxylation is 2. The van der Waals surface area contributed by atoms with Gasteiger partial charge in [0.15, 0.2) is 0 Å². The van der Waals surface area contributed by atoms with Crippen LogP contribution < -0.4 is 5.32 Å². The Bertz CT molecular complexity index is 1140. The fourth-order valence-electron chi connectivity index (χ4n) is 2.85. The number of aromatic nitrogens is 3. The third-order valence-corrected chi connectivity index (χ3v) is 4.42. The lowest BCUT2D eigenvalue weighted by atomic mass is 10.1. The van der Waals surface area contributed by atoms with Gasteiger partial charge in [-0.25, -0.2) is 9.97 Å². The quantitative estimate of drug-likeness (QED) is 0.616. The van der Waals surface area contributed by atoms with Gasteiger partial charge in [0, 0.05) is 10.9 Å². The molecular weight excluding hydrogens is 324 g/mol. The van der Waals surface area contributed by atoms with E-state index in [9.17, 15) is 4.79 Å². The number of para-hydroxylation sites is 1. The zero-order valence-electron chi connectivity index (χ0n) is 14.7. The van der Waals surface area contributed by atoms with Crippen LogP contribution >= 0.6 is 0 Å². The van der Waals surface area contributed by atoms with Crippen molar-refractivity contribution in [3.05, 3.63) is 77.2 Å². The normalized spacial score (nSPS) is 11.0. The number of nitrogens with zero attached hydrogens (tertiary/aromatic N) is 3. The highest BCUT2D eigenvalue weighted by Crippen LogP contribution is 2.15. The van der Waals surface area contributed by atoms with Crippen molar-refractivity contribution in [2.24, 2.45) is 0 Å². The van der Waals surface area contributed by atoms with Gasteiger partial charge in [-0.3, -0.25) is 9.78 Å². The summed E-state index contributed by atoms with van der Waals surface area (Å²) in [4.78, 5) is 26.1. The lowest BCUT2D eigenvalue weighted by molar-refractivity contribution is 0.0950. The highest BCUT2D eigenvalue weighted by molar-refractivity contribution is 5.97. The van der Waals surface area contributed by atoms with Crippen molar-refractivity contribution in [2.45, 2.75) is 20.4 Å². The summed E-state index contributed by atoms with van der Waals surface area (Å²) in [6.45, 7) is 4.22. The van der Waals surface area contributed by atoms with E-state index in [2.05, 4.69) is 20.3 Å². The van der Waals surface area contributed by atoms with Crippen LogP contribution in [0.2, 0.25) is 0 Å². The zero-order chi connectivity index (χ0) is 18.1. The third kappa shape index (κ3) is 3.11. The Balaban J connectivity index is 1.53. The first-order chi connectivity index (χ1) is 12.6. The molecule has 4 aromatic rings. The van der Waals surface area contributed by atoms with Gasteiger partial charge in [0.2, 0.25) is 0 Å². The molecule has 0 saturated heterocycles. The molecule has 128 valence electrons. The molecular formula is C21H18N4O. The van der Waals surface area contributed by atoms with Crippen LogP contribution in [0, 0.1) is 13.8 Å². The first-order valence-electron chi connectivity index (χ1n) is 8.48. The lowest BCUT2D eigenvalue weighted by Crippen LogP contribution is -2.23. The maximum Gasteiger partial charge on any atom is 0.251 e. The van der Waals surface area contributed by atoms with Gasteiger partial charge in [0.1, 0.15) is 0 Å². The number of benzene rings is 2. The van der Waals surface area contributed by atoms with Crippen molar-refractivity contribution in [3.8, 4) is 0 Å². The number of pyridine rings is 1. The van der Waals surface area contributed by atoms with Crippen LogP contribution in [0.3, 0.4) is 0 Å². The maximum absolute atomic E-state index is 12.5. The average molecular weight is 342 g/mol. The standard InChI is InChI=1S/C21H18N4O/c1-13-14(2)24-20-11-16(8-10-19(20)23-13)21(26)22-12-17-9-7-15-5-3-4-6-18(15)25-17/h3-11H,12H2,1-2H3,(H,22,26). The molecule has 5 nitrogen and oxygen atoms in total. The Kier molecular flexibility index (Phi) is 4.05. The molecule has 0 saturated carbocycles. The van der Waals surface area contributed by atoms with Crippen molar-refractivity contribution in [3.63, 3.8) is 0 Å². The van der Waals surface area contributed by atoms with Crippen molar-refractivity contribution in [2.75, 3.05) is 0 Å². The van der Waals surface area contributed by atoms with E-state index >= 15 is 0 Å². The van der Waals surface area contributed by atoms with E-state index in [-0.39, 0.29) is 5.91 Å². The summed E-state index contributed by atoms with van der Waals surface area (Å²) >= 11 is 0. The molecule has 0 aliphatic carbocycles. The molecule has 4 rings (SSSR count). The summed E-state index contributed by atoms with van der Waals surface area (Å²) in [7, 11) is 0. The number of nitrogens with one attached hydrogen (secondary N) is 1. The Hall–Kier alpha value is -3.34. The molecule has 2 heterocycles. The monoisotopic (exact) mass is 342 g/mol. The predicted octanol–water partition coefficient (Wildman–Crippen LogP) is 3.72. The highest BCUT2D eigenvalue weighted by atomic mass is 16.1. The van der Waals surface area contributed by atoms with Crippen molar-refractivity contribution < 1.29 is 4.79 Å². The largest absolute Gasteiger partial charge is 0.346 e. The van der Waals surface area contributed by atoms with E-state index in [1.165, 1.54) is 0 Å². The molecule has 0 fully saturated rings. The molecule has 0 spiro atoms. The number of carbonyl (C=O) groups is 1. The van der Waals surface area contributed by atoms with Gasteiger partial charge in [-0.1, -0.05) is 24.3 Å². The van der Waals surface area contributed by atoms with Crippen LogP contribution in [-0.2, 0) is 6.54 Å². The minimum Gasteiger partial charge on any atom is -0.346 e. The van der Waals surface area contributed by atoms with Gasteiger partial charge >= 0.3 is 0 Å². The molecule has 0 unspecified atom stereocenters. The molecule has 2 aromatic heterocycles. The Morgan fingerprint density at radius 1 is 0.846 bits per heavy atom. The molecule has 5 heteroatoms. The summed E-state index contributed by atoms with van der Waals surface area (Å²) in [6.07, 6.45) is 0. The molecule has 26 heavy (non-hydrogen) atoms. The summed E-state index contributed by atoms with van der Waals surface area (Å²) in [6, 6.07) is 17.2. The van der Waals surface area contributed by atoms with Crippen LogP contribution in [-0.4, -0.2) is 20.9 Å². The maximum atomic E-state index is 12.5. The fraction of sp³-hybridized carbons (Fsp3) is 0.143. The summed E-state index contributed by atoms with van der Waals surface area (Å²) < 4.78 is 0. The number of amides is 1. The molecule has 1 N–H and O–H groups in total. The van der Waals surface area contributed by atoms with Gasteiger partial charge < -0.3 is 5.32 Å². The molecule has 0 atom stereocenters. The van der Waals surface area contributed by atoms with Gasteiger partial charge in [-0.2, -0.15) is 0 Å². The summed E-state index contributed by atoms with van der Waals surface area (Å²) in [5.41, 5.74) is 5.60. The fourth-order valence-corrected chi connectivity index (χ4v) is 2.85. The van der Waals surface area contributed by atoms with E-state index in [0.29, 0.717) is 12.1 Å². The number of fused-ring (bicyclic) bond motifs is 2. The van der Waals surface area contributed by atoms with Crippen LogP contribution in [0.15, 0.2) is 54.6 Å². The van der Waals surface area contributed by atoms with Gasteiger partial charge in [0.25, 0.3) is 5.91 Å². The van der Waals surface area contributed by atoms with E-state index in [1.807, 2.05) is 56.3 Å². The van der Waals surface area contributed by atoms with Crippen LogP contribution in [0.5, 0.6) is 0 Å². The first kappa shape index (κ1) is 16.1. The van der Waals surface area contributed by atoms with E-state index in [1.54, 1.807) is 12.1 Å². The predicted molar refractivity (Wildman–Crippen MR) is 102 cm³/mol. The molecule has 0 aliphatic rings. The minimum atomic E-state index is -0.151. The molecule has 1 amide bonds. The summed E-state index contributed by atoms with van der Waals surface area (Å²) in [5.74, 6) is -0.151. The van der Waals surface area contributed by atoms with Gasteiger partial charge in [-0.15, -0.1) is 0 Å². The van der Waals surface area contributed by atoms with Crippen LogP contribution in [0.4, 0.5) is 0 Å². The Morgan fingerprint density at radius 3 is 2.46 bits per heavy atom. The first-order valence-corrected chi connectivity index (χ1v) is 8.48. The Morgan fingerprint density at radius 2 is 1.62 bits per heavy atom. The molecule has 0 bridgehead atoms. The lowest BCUT2D eigenvalue weighted by Gasteiger charge is -2.07. The van der Waals surface area contributed by atoms with Crippen LogP contribution in [0.1, 0.15) is 27.4 Å². The van der Waals surface area contributed by atoms with Gasteiger partial charge in [0.05, 0.1) is 40.2 Å². The smallest absolute Gasteiger partial charge is 0.251 e. The molecule has 2 aromatic carbocycles. The number of hydrogen-bond donors (Lipinski definition) is 1. The van der Waals surface area contributed by atoms with Crippen molar-refractivity contribution >= 4 is 27.8 Å². The average Bonchev–Trinajstić information content (AvgIpc) is 2.66. The highest BCUT2D eigenvalue weighted by Gasteiger charge is 2.09. The molecule has 0 aliphatic heterocycles. The molecule has 0 radical (unpaired) electrons. The number of hydrogen-bond acceptors (Lipinski definition) is 4. The Labute approximate surface area is 151 Å². The van der Waals surface area contributed by atoms with Crippen molar-refractivity contribution in [1.82, 2.24) is 20.3 Å².